The van der Waals surface area contributed by atoms with Crippen molar-refractivity contribution in [3.8, 4) is 0 Å². The first-order chi connectivity index (χ1) is 13.7. The molecule has 4 unspecified atom stereocenters. The van der Waals surface area contributed by atoms with E-state index in [0.717, 1.165) is 6.42 Å². The topological polar surface area (TPSA) is 121 Å². The minimum absolute atomic E-state index is 0.276. The fourth-order valence-corrected chi connectivity index (χ4v) is 5.63. The highest BCUT2D eigenvalue weighted by Gasteiger charge is 2.51. The quantitative estimate of drug-likeness (QED) is 0.338. The predicted octanol–water partition coefficient (Wildman–Crippen LogP) is 4.76. The summed E-state index contributed by atoms with van der Waals surface area (Å²) in [6, 6.07) is 0. The Kier molecular flexibility index (Phi) is 9.82. The van der Waals surface area contributed by atoms with E-state index in [4.69, 9.17) is 0 Å². The molecule has 0 saturated heterocycles. The van der Waals surface area contributed by atoms with E-state index in [1.165, 1.54) is 0 Å². The smallest absolute Gasteiger partial charge is 0.306 e. The molecule has 4 atom stereocenters. The number of amides is 1. The van der Waals surface area contributed by atoms with Crippen molar-refractivity contribution in [1.29, 1.82) is 0 Å². The lowest BCUT2D eigenvalue weighted by atomic mass is 9.52. The van der Waals surface area contributed by atoms with E-state index in [2.05, 4.69) is 12.2 Å². The van der Waals surface area contributed by atoms with Crippen LogP contribution in [0, 0.1) is 28.1 Å². The molecular weight excluding hydrogens is 418 g/mol. The van der Waals surface area contributed by atoms with E-state index in [1.807, 2.05) is 41.5 Å². The molecule has 0 aliphatic rings. The maximum Gasteiger partial charge on any atom is 0.306 e. The Bertz CT molecular complexity index is 745. The van der Waals surface area contributed by atoms with Crippen molar-refractivity contribution in [2.24, 2.45) is 28.1 Å². The van der Waals surface area contributed by atoms with Gasteiger partial charge in [0.25, 0.3) is 10.1 Å². The molecule has 0 aromatic carbocycles. The van der Waals surface area contributed by atoms with Crippen LogP contribution in [-0.4, -0.2) is 41.2 Å². The second kappa shape index (κ2) is 10.2. The molecule has 1 amide bonds. The summed E-state index contributed by atoms with van der Waals surface area (Å²) in [5, 5.41) is 12.6. The fourth-order valence-electron chi connectivity index (χ4n) is 4.64. The first-order valence-electron chi connectivity index (χ1n) is 11.2. The number of hydrogen-bond donors (Lipinski definition) is 3. The van der Waals surface area contributed by atoms with Crippen LogP contribution in [0.1, 0.15) is 94.9 Å². The first-order valence-corrected chi connectivity index (χ1v) is 12.8. The van der Waals surface area contributed by atoms with E-state index >= 15 is 0 Å². The molecule has 0 radical (unpaired) electrons. The summed E-state index contributed by atoms with van der Waals surface area (Å²) in [4.78, 5) is 25.4. The summed E-state index contributed by atoms with van der Waals surface area (Å²) < 4.78 is 32.0. The van der Waals surface area contributed by atoms with Gasteiger partial charge in [0, 0.05) is 5.92 Å². The van der Waals surface area contributed by atoms with Crippen molar-refractivity contribution in [3.05, 3.63) is 0 Å². The van der Waals surface area contributed by atoms with Crippen molar-refractivity contribution in [3.63, 3.8) is 0 Å². The van der Waals surface area contributed by atoms with Gasteiger partial charge in [0.15, 0.2) is 0 Å². The first kappa shape index (κ1) is 29.9. The summed E-state index contributed by atoms with van der Waals surface area (Å²) in [5.41, 5.74) is -2.52. The third-order valence-electron chi connectivity index (χ3n) is 8.05. The molecule has 0 aliphatic carbocycles. The predicted molar refractivity (Wildman–Crippen MR) is 124 cm³/mol. The Balaban J connectivity index is 6.26. The molecule has 0 aromatic heterocycles. The maximum absolute atomic E-state index is 13.5. The highest BCUT2D eigenvalue weighted by molar-refractivity contribution is 7.85. The Labute approximate surface area is 189 Å². The third kappa shape index (κ3) is 7.45. The Hall–Kier alpha value is -1.15. The van der Waals surface area contributed by atoms with Crippen LogP contribution >= 0.6 is 0 Å². The number of aliphatic carboxylic acids is 1. The zero-order valence-corrected chi connectivity index (χ0v) is 21.9. The molecule has 0 aliphatic heterocycles. The molecule has 31 heavy (non-hydrogen) atoms. The number of hydrogen-bond acceptors (Lipinski definition) is 4. The van der Waals surface area contributed by atoms with Gasteiger partial charge in [-0.05, 0) is 42.9 Å². The van der Waals surface area contributed by atoms with Crippen LogP contribution in [0.2, 0.25) is 0 Å². The zero-order valence-electron chi connectivity index (χ0n) is 21.1. The van der Waals surface area contributed by atoms with Gasteiger partial charge in [0.05, 0.1) is 17.2 Å². The summed E-state index contributed by atoms with van der Waals surface area (Å²) in [7, 11) is -4.26. The van der Waals surface area contributed by atoms with Gasteiger partial charge in [0.2, 0.25) is 5.91 Å². The highest BCUT2D eigenvalue weighted by Crippen LogP contribution is 2.55. The van der Waals surface area contributed by atoms with Gasteiger partial charge in [-0.1, -0.05) is 68.2 Å². The minimum atomic E-state index is -4.26. The average molecular weight is 464 g/mol. The lowest BCUT2D eigenvalue weighted by Crippen LogP contribution is -2.54. The number of rotatable bonds is 13. The molecule has 8 heteroatoms. The third-order valence-corrected chi connectivity index (χ3v) is 9.14. The summed E-state index contributed by atoms with van der Waals surface area (Å²) in [6.07, 6.45) is 2.55. The van der Waals surface area contributed by atoms with Gasteiger partial charge in [-0.2, -0.15) is 8.42 Å². The molecule has 3 N–H and O–H groups in total. The molecule has 0 bridgehead atoms. The summed E-state index contributed by atoms with van der Waals surface area (Å²) in [5.74, 6) is -2.77. The van der Waals surface area contributed by atoms with Crippen molar-refractivity contribution < 1.29 is 27.7 Å². The summed E-state index contributed by atoms with van der Waals surface area (Å²) in [6.45, 7) is 18.9. The van der Waals surface area contributed by atoms with Gasteiger partial charge in [-0.3, -0.25) is 14.1 Å². The van der Waals surface area contributed by atoms with E-state index < -0.39 is 55.5 Å². The van der Waals surface area contributed by atoms with E-state index in [1.54, 1.807) is 20.8 Å². The van der Waals surface area contributed by atoms with Crippen LogP contribution in [0.3, 0.4) is 0 Å². The lowest BCUT2D eigenvalue weighted by Gasteiger charge is -2.51. The van der Waals surface area contributed by atoms with Crippen LogP contribution in [-0.2, 0) is 19.7 Å². The van der Waals surface area contributed by atoms with Crippen LogP contribution in [0.25, 0.3) is 0 Å². The van der Waals surface area contributed by atoms with E-state index in [0.29, 0.717) is 19.3 Å². The number of carbonyl (C=O) groups excluding carboxylic acids is 1. The Morgan fingerprint density at radius 1 is 0.935 bits per heavy atom. The Morgan fingerprint density at radius 3 is 1.74 bits per heavy atom. The SMILES string of the molecule is CCC(C)(C)C(CC(C)(CC)C(C)(CC)C(C)C(=O)O)C(=O)NC(C)(C)CS(=O)(=O)O. The second-order valence-corrected chi connectivity index (χ2v) is 12.4. The lowest BCUT2D eigenvalue weighted by molar-refractivity contribution is -0.152. The molecule has 0 aromatic rings. The fraction of sp³-hybridized carbons (Fsp3) is 0.913. The molecule has 0 saturated carbocycles. The average Bonchev–Trinajstić information content (AvgIpc) is 2.61. The van der Waals surface area contributed by atoms with Crippen LogP contribution in [0.4, 0.5) is 0 Å². The van der Waals surface area contributed by atoms with Crippen LogP contribution in [0.15, 0.2) is 0 Å². The normalized spacial score (nSPS) is 19.1. The van der Waals surface area contributed by atoms with Crippen molar-refractivity contribution in [2.45, 2.75) is 100 Å². The highest BCUT2D eigenvalue weighted by atomic mass is 32.2. The summed E-state index contributed by atoms with van der Waals surface area (Å²) >= 11 is 0. The van der Waals surface area contributed by atoms with E-state index in [9.17, 15) is 27.7 Å². The van der Waals surface area contributed by atoms with Gasteiger partial charge in [-0.15, -0.1) is 0 Å². The number of nitrogens with one attached hydrogen (secondary N) is 1. The standard InChI is InChI=1S/C23H45NO6S/c1-11-20(5,6)17(18(25)24-21(7,8)15-31(28,29)30)14-22(9,12-2)23(10,13-3)16(4)19(26)27/h16-17H,11-15H2,1-10H3,(H,24,25)(H,26,27)(H,28,29,30). The molecule has 0 heterocycles. The van der Waals surface area contributed by atoms with Gasteiger partial charge in [-0.25, -0.2) is 0 Å². The monoisotopic (exact) mass is 463 g/mol. The second-order valence-electron chi connectivity index (χ2n) is 10.9. The van der Waals surface area contributed by atoms with Gasteiger partial charge >= 0.3 is 5.97 Å². The molecule has 184 valence electrons. The van der Waals surface area contributed by atoms with Crippen LogP contribution < -0.4 is 5.32 Å². The molecule has 7 nitrogen and oxygen atoms in total. The molecular formula is C23H45NO6S. The van der Waals surface area contributed by atoms with Crippen molar-refractivity contribution in [2.75, 3.05) is 5.75 Å². The van der Waals surface area contributed by atoms with Crippen molar-refractivity contribution in [1.82, 2.24) is 5.32 Å². The van der Waals surface area contributed by atoms with Crippen molar-refractivity contribution >= 4 is 22.0 Å². The minimum Gasteiger partial charge on any atom is -0.481 e. The molecule has 0 fully saturated rings. The van der Waals surface area contributed by atoms with Crippen LogP contribution in [0.5, 0.6) is 0 Å². The molecule has 0 rings (SSSR count). The number of carbonyl (C=O) groups is 2. The largest absolute Gasteiger partial charge is 0.481 e. The zero-order chi connectivity index (χ0) is 25.1. The van der Waals surface area contributed by atoms with E-state index in [-0.39, 0.29) is 5.91 Å². The maximum atomic E-state index is 13.5. The van der Waals surface area contributed by atoms with Gasteiger partial charge in [0.1, 0.15) is 0 Å². The Morgan fingerprint density at radius 2 is 1.42 bits per heavy atom. The molecule has 0 spiro atoms. The number of carboxylic acid groups (broad SMARTS) is 1. The number of carboxylic acids is 1. The van der Waals surface area contributed by atoms with Gasteiger partial charge < -0.3 is 10.4 Å².